The van der Waals surface area contributed by atoms with Crippen molar-refractivity contribution < 1.29 is 18.7 Å². The van der Waals surface area contributed by atoms with Crippen molar-refractivity contribution in [3.8, 4) is 5.75 Å². The third-order valence-corrected chi connectivity index (χ3v) is 5.56. The summed E-state index contributed by atoms with van der Waals surface area (Å²) >= 11 is 0. The second-order valence-electron chi connectivity index (χ2n) is 7.69. The third kappa shape index (κ3) is 4.08. The molecule has 0 fully saturated rings. The minimum atomic E-state index is -0.519. The highest BCUT2D eigenvalue weighted by Crippen LogP contribution is 2.39. The molecule has 0 radical (unpaired) electrons. The lowest BCUT2D eigenvalue weighted by atomic mass is 9.98. The molecule has 1 aliphatic heterocycles. The summed E-state index contributed by atoms with van der Waals surface area (Å²) in [6, 6.07) is 14.2. The van der Waals surface area contributed by atoms with E-state index in [1.165, 1.54) is 0 Å². The Morgan fingerprint density at radius 2 is 1.87 bits per heavy atom. The monoisotopic (exact) mass is 421 g/mol. The van der Waals surface area contributed by atoms with Crippen molar-refractivity contribution >= 4 is 16.9 Å². The van der Waals surface area contributed by atoms with Gasteiger partial charge in [-0.3, -0.25) is 9.59 Å². The van der Waals surface area contributed by atoms with Crippen LogP contribution in [-0.4, -0.2) is 37.7 Å². The molecule has 0 spiro atoms. The second kappa shape index (κ2) is 9.35. The minimum absolute atomic E-state index is 0.128. The van der Waals surface area contributed by atoms with Crippen LogP contribution in [0.1, 0.15) is 53.9 Å². The largest absolute Gasteiger partial charge is 0.494 e. The predicted octanol–water partition coefficient (Wildman–Crippen LogP) is 4.55. The summed E-state index contributed by atoms with van der Waals surface area (Å²) in [7, 11) is 1.63. The molecule has 3 aromatic rings. The van der Waals surface area contributed by atoms with Crippen LogP contribution in [0.5, 0.6) is 5.75 Å². The fourth-order valence-electron chi connectivity index (χ4n) is 4.03. The van der Waals surface area contributed by atoms with E-state index in [9.17, 15) is 9.59 Å². The molecule has 6 nitrogen and oxygen atoms in total. The van der Waals surface area contributed by atoms with E-state index in [2.05, 4.69) is 6.92 Å². The Labute approximate surface area is 181 Å². The first-order chi connectivity index (χ1) is 15.2. The Morgan fingerprint density at radius 3 is 2.68 bits per heavy atom. The number of hydrogen-bond donors (Lipinski definition) is 0. The van der Waals surface area contributed by atoms with E-state index in [0.29, 0.717) is 42.7 Å². The van der Waals surface area contributed by atoms with Gasteiger partial charge in [-0.15, -0.1) is 0 Å². The average Bonchev–Trinajstić information content (AvgIpc) is 3.07. The van der Waals surface area contributed by atoms with Crippen LogP contribution in [0.2, 0.25) is 0 Å². The number of benzene rings is 2. The zero-order valence-electron chi connectivity index (χ0n) is 17.9. The number of hydrogen-bond acceptors (Lipinski definition) is 5. The van der Waals surface area contributed by atoms with Gasteiger partial charge in [-0.1, -0.05) is 37.6 Å². The highest BCUT2D eigenvalue weighted by molar-refractivity contribution is 5.99. The molecule has 1 aromatic heterocycles. The predicted molar refractivity (Wildman–Crippen MR) is 119 cm³/mol. The summed E-state index contributed by atoms with van der Waals surface area (Å²) in [5.74, 6) is 0.591. The van der Waals surface area contributed by atoms with Gasteiger partial charge in [0, 0.05) is 20.3 Å². The number of para-hydroxylation sites is 1. The molecule has 6 heteroatoms. The standard InChI is InChI=1S/C25H27NO5/c1-3-4-15-30-18-10-7-9-17(16-18)22-21-23(27)19-11-5-6-12-20(19)31-24(21)25(28)26(22)13-8-14-29-2/h5-7,9-12,16,22H,3-4,8,13-15H2,1-2H3/t22-/m0/s1. The van der Waals surface area contributed by atoms with Gasteiger partial charge in [0.1, 0.15) is 11.3 Å². The summed E-state index contributed by atoms with van der Waals surface area (Å²) in [5.41, 5.74) is 1.49. The van der Waals surface area contributed by atoms with E-state index in [1.807, 2.05) is 24.3 Å². The van der Waals surface area contributed by atoms with E-state index in [0.717, 1.165) is 24.2 Å². The van der Waals surface area contributed by atoms with Gasteiger partial charge in [-0.05, 0) is 42.7 Å². The Bertz CT molecular complexity index is 1140. The number of carbonyl (C=O) groups is 1. The first kappa shape index (κ1) is 21.1. The maximum absolute atomic E-state index is 13.4. The summed E-state index contributed by atoms with van der Waals surface area (Å²) in [4.78, 5) is 28.4. The summed E-state index contributed by atoms with van der Waals surface area (Å²) in [6.45, 7) is 3.72. The van der Waals surface area contributed by atoms with Crippen molar-refractivity contribution in [2.45, 2.75) is 32.2 Å². The molecule has 0 N–H and O–H groups in total. The minimum Gasteiger partial charge on any atom is -0.494 e. The number of nitrogens with zero attached hydrogens (tertiary/aromatic N) is 1. The first-order valence-electron chi connectivity index (χ1n) is 10.7. The van der Waals surface area contributed by atoms with Gasteiger partial charge in [0.05, 0.1) is 23.6 Å². The van der Waals surface area contributed by atoms with Gasteiger partial charge in [0.25, 0.3) is 5.91 Å². The van der Waals surface area contributed by atoms with Gasteiger partial charge in [0.15, 0.2) is 5.43 Å². The zero-order valence-corrected chi connectivity index (χ0v) is 17.9. The molecule has 0 unspecified atom stereocenters. The van der Waals surface area contributed by atoms with Crippen molar-refractivity contribution in [1.29, 1.82) is 0 Å². The van der Waals surface area contributed by atoms with E-state index in [4.69, 9.17) is 13.9 Å². The molecule has 0 saturated heterocycles. The summed E-state index contributed by atoms with van der Waals surface area (Å²) < 4.78 is 17.0. The molecule has 162 valence electrons. The van der Waals surface area contributed by atoms with Crippen LogP contribution < -0.4 is 10.2 Å². The number of rotatable bonds is 9. The lowest BCUT2D eigenvalue weighted by Gasteiger charge is -2.25. The molecule has 2 heterocycles. The maximum atomic E-state index is 13.4. The van der Waals surface area contributed by atoms with E-state index >= 15 is 0 Å². The normalized spacial score (nSPS) is 15.5. The van der Waals surface area contributed by atoms with Crippen molar-refractivity contribution in [1.82, 2.24) is 4.90 Å². The van der Waals surface area contributed by atoms with Crippen LogP contribution in [-0.2, 0) is 4.74 Å². The Hall–Kier alpha value is -3.12. The van der Waals surface area contributed by atoms with Crippen LogP contribution in [0.15, 0.2) is 57.7 Å². The molecular weight excluding hydrogens is 394 g/mol. The van der Waals surface area contributed by atoms with Crippen LogP contribution in [0.25, 0.3) is 11.0 Å². The molecule has 1 aliphatic rings. The zero-order chi connectivity index (χ0) is 21.8. The fourth-order valence-corrected chi connectivity index (χ4v) is 4.03. The van der Waals surface area contributed by atoms with Gasteiger partial charge in [0.2, 0.25) is 5.76 Å². The lowest BCUT2D eigenvalue weighted by Crippen LogP contribution is -2.31. The number of fused-ring (bicyclic) bond motifs is 2. The van der Waals surface area contributed by atoms with Crippen LogP contribution in [0.4, 0.5) is 0 Å². The Kier molecular flexibility index (Phi) is 6.37. The van der Waals surface area contributed by atoms with Crippen molar-refractivity contribution in [3.05, 3.63) is 75.6 Å². The average molecular weight is 421 g/mol. The third-order valence-electron chi connectivity index (χ3n) is 5.56. The highest BCUT2D eigenvalue weighted by Gasteiger charge is 2.42. The molecule has 31 heavy (non-hydrogen) atoms. The lowest BCUT2D eigenvalue weighted by molar-refractivity contribution is 0.0707. The maximum Gasteiger partial charge on any atom is 0.290 e. The molecule has 0 aliphatic carbocycles. The smallest absolute Gasteiger partial charge is 0.290 e. The van der Waals surface area contributed by atoms with Crippen LogP contribution in [0.3, 0.4) is 0 Å². The Morgan fingerprint density at radius 1 is 1.03 bits per heavy atom. The van der Waals surface area contributed by atoms with Gasteiger partial charge in [-0.2, -0.15) is 0 Å². The van der Waals surface area contributed by atoms with E-state index < -0.39 is 6.04 Å². The van der Waals surface area contributed by atoms with Crippen molar-refractivity contribution in [2.75, 3.05) is 26.9 Å². The first-order valence-corrected chi connectivity index (χ1v) is 10.7. The quantitative estimate of drug-likeness (QED) is 0.474. The van der Waals surface area contributed by atoms with Gasteiger partial charge in [-0.25, -0.2) is 0 Å². The topological polar surface area (TPSA) is 69.0 Å². The van der Waals surface area contributed by atoms with Gasteiger partial charge >= 0.3 is 0 Å². The molecule has 0 saturated carbocycles. The molecule has 1 amide bonds. The molecular formula is C25H27NO5. The van der Waals surface area contributed by atoms with E-state index in [1.54, 1.807) is 36.3 Å². The SMILES string of the molecule is CCCCOc1cccc([C@H]2c3c(oc4ccccc4c3=O)C(=O)N2CCCOC)c1. The van der Waals surface area contributed by atoms with Crippen molar-refractivity contribution in [2.24, 2.45) is 0 Å². The van der Waals surface area contributed by atoms with Crippen LogP contribution >= 0.6 is 0 Å². The molecule has 4 rings (SSSR count). The van der Waals surface area contributed by atoms with Gasteiger partial charge < -0.3 is 18.8 Å². The molecule has 0 bridgehead atoms. The molecule has 2 aromatic carbocycles. The fraction of sp³-hybridized carbons (Fsp3) is 0.360. The summed E-state index contributed by atoms with van der Waals surface area (Å²) in [6.07, 6.45) is 2.67. The molecule has 1 atom stereocenters. The van der Waals surface area contributed by atoms with E-state index in [-0.39, 0.29) is 17.1 Å². The number of carbonyl (C=O) groups excluding carboxylic acids is 1. The van der Waals surface area contributed by atoms with Crippen molar-refractivity contribution in [3.63, 3.8) is 0 Å². The number of unbranched alkanes of at least 4 members (excludes halogenated alkanes) is 1. The number of ether oxygens (including phenoxy) is 2. The van der Waals surface area contributed by atoms with Crippen LogP contribution in [0, 0.1) is 0 Å². The summed E-state index contributed by atoms with van der Waals surface area (Å²) in [5, 5.41) is 0.480. The Balaban J connectivity index is 1.80. The number of amides is 1. The number of methoxy groups -OCH3 is 1. The second-order valence-corrected chi connectivity index (χ2v) is 7.69. The highest BCUT2D eigenvalue weighted by atomic mass is 16.5.